The van der Waals surface area contributed by atoms with Gasteiger partial charge in [-0.15, -0.1) is 0 Å². The van der Waals surface area contributed by atoms with E-state index in [1.165, 1.54) is 12.8 Å². The summed E-state index contributed by atoms with van der Waals surface area (Å²) >= 11 is 3.17. The van der Waals surface area contributed by atoms with Crippen LogP contribution in [0, 0.1) is 17.8 Å². The lowest BCUT2D eigenvalue weighted by Crippen LogP contribution is -2.36. The normalized spacial score (nSPS) is 36.7. The minimum atomic E-state index is -0.511. The maximum absolute atomic E-state index is 11.3. The molecule has 0 bridgehead atoms. The van der Waals surface area contributed by atoms with Crippen molar-refractivity contribution in [3.63, 3.8) is 0 Å². The molecule has 0 aromatic rings. The highest BCUT2D eigenvalue weighted by molar-refractivity contribution is 9.12. The third kappa shape index (κ3) is 3.15. The van der Waals surface area contributed by atoms with E-state index in [-0.39, 0.29) is 12.1 Å². The number of ether oxygens (including phenoxy) is 2. The molecule has 2 aliphatic rings. The summed E-state index contributed by atoms with van der Waals surface area (Å²) in [6, 6.07) is 0. The van der Waals surface area contributed by atoms with Crippen LogP contribution in [0.4, 0.5) is 0 Å². The van der Waals surface area contributed by atoms with Crippen molar-refractivity contribution in [2.75, 3.05) is 0 Å². The van der Waals surface area contributed by atoms with E-state index in [9.17, 15) is 4.79 Å². The molecule has 1 aliphatic heterocycles. The summed E-state index contributed by atoms with van der Waals surface area (Å²) in [5, 5.41) is 0. The fourth-order valence-electron chi connectivity index (χ4n) is 2.89. The lowest BCUT2D eigenvalue weighted by Gasteiger charge is -2.37. The Morgan fingerprint density at radius 1 is 1.44 bits per heavy atom. The number of rotatable bonds is 3. The molecule has 1 unspecified atom stereocenters. The van der Waals surface area contributed by atoms with Crippen molar-refractivity contribution in [1.29, 1.82) is 0 Å². The van der Waals surface area contributed by atoms with Crippen LogP contribution in [0.25, 0.3) is 0 Å². The van der Waals surface area contributed by atoms with Gasteiger partial charge >= 0.3 is 5.97 Å². The van der Waals surface area contributed by atoms with Gasteiger partial charge in [0.2, 0.25) is 6.29 Å². The largest absolute Gasteiger partial charge is 0.428 e. The van der Waals surface area contributed by atoms with Gasteiger partial charge in [0.15, 0.2) is 0 Å². The predicted molar refractivity (Wildman–Crippen MR) is 73.1 cm³/mol. The van der Waals surface area contributed by atoms with Crippen LogP contribution >= 0.6 is 15.9 Å². The Morgan fingerprint density at radius 2 is 2.17 bits per heavy atom. The molecule has 102 valence electrons. The maximum Gasteiger partial charge on any atom is 0.347 e. The summed E-state index contributed by atoms with van der Waals surface area (Å²) in [6.45, 7) is 6.74. The van der Waals surface area contributed by atoms with Crippen LogP contribution in [-0.2, 0) is 14.3 Å². The number of hydrogen-bond donors (Lipinski definition) is 0. The van der Waals surface area contributed by atoms with E-state index < -0.39 is 6.29 Å². The van der Waals surface area contributed by atoms with Gasteiger partial charge in [-0.25, -0.2) is 4.79 Å². The van der Waals surface area contributed by atoms with E-state index >= 15 is 0 Å². The third-order valence-electron chi connectivity index (χ3n) is 3.97. The first kappa shape index (κ1) is 14.1. The van der Waals surface area contributed by atoms with Crippen LogP contribution in [0.15, 0.2) is 10.6 Å². The summed E-state index contributed by atoms with van der Waals surface area (Å²) in [5.74, 6) is 1.53. The number of halogens is 1. The summed E-state index contributed by atoms with van der Waals surface area (Å²) in [7, 11) is 0. The number of cyclic esters (lactones) is 1. The number of carbonyl (C=O) groups excluding carboxylic acids is 1. The van der Waals surface area contributed by atoms with Crippen molar-refractivity contribution in [3.8, 4) is 0 Å². The van der Waals surface area contributed by atoms with E-state index in [0.717, 1.165) is 6.42 Å². The SMILES string of the molecule is CC(C)[C@H]1CC[C@H](C)C[C@@H]1OC1C=C(Br)C(=O)O1. The van der Waals surface area contributed by atoms with E-state index in [0.29, 0.717) is 22.2 Å². The molecule has 4 atom stereocenters. The fourth-order valence-corrected chi connectivity index (χ4v) is 3.20. The summed E-state index contributed by atoms with van der Waals surface area (Å²) in [6.07, 6.45) is 4.92. The highest BCUT2D eigenvalue weighted by Crippen LogP contribution is 2.36. The van der Waals surface area contributed by atoms with Crippen molar-refractivity contribution in [2.45, 2.75) is 52.4 Å². The Bertz CT molecular complexity index is 351. The summed E-state index contributed by atoms with van der Waals surface area (Å²) in [5.41, 5.74) is 0. The fraction of sp³-hybridized carbons (Fsp3) is 0.786. The Labute approximate surface area is 117 Å². The molecule has 0 aromatic carbocycles. The van der Waals surface area contributed by atoms with Crippen LogP contribution in [0.2, 0.25) is 0 Å². The number of hydrogen-bond acceptors (Lipinski definition) is 3. The topological polar surface area (TPSA) is 35.5 Å². The lowest BCUT2D eigenvalue weighted by atomic mass is 9.75. The van der Waals surface area contributed by atoms with Gasteiger partial charge in [0.25, 0.3) is 0 Å². The number of esters is 1. The van der Waals surface area contributed by atoms with Gasteiger partial charge in [0, 0.05) is 6.08 Å². The van der Waals surface area contributed by atoms with Gasteiger partial charge in [0.05, 0.1) is 6.10 Å². The molecule has 18 heavy (non-hydrogen) atoms. The minimum absolute atomic E-state index is 0.196. The van der Waals surface area contributed by atoms with Gasteiger partial charge in [-0.2, -0.15) is 0 Å². The van der Waals surface area contributed by atoms with Crippen LogP contribution in [0.1, 0.15) is 40.0 Å². The first-order chi connectivity index (χ1) is 8.47. The van der Waals surface area contributed by atoms with Crippen molar-refractivity contribution >= 4 is 21.9 Å². The molecular weight excluding hydrogens is 296 g/mol. The van der Waals surface area contributed by atoms with Crippen LogP contribution < -0.4 is 0 Å². The summed E-state index contributed by atoms with van der Waals surface area (Å²) in [4.78, 5) is 11.3. The molecule has 2 rings (SSSR count). The molecule has 1 heterocycles. The number of carbonyl (C=O) groups is 1. The van der Waals surface area contributed by atoms with Gasteiger partial charge < -0.3 is 9.47 Å². The molecule has 4 heteroatoms. The first-order valence-electron chi connectivity index (χ1n) is 6.71. The second kappa shape index (κ2) is 5.74. The smallest absolute Gasteiger partial charge is 0.347 e. The van der Waals surface area contributed by atoms with Gasteiger partial charge in [0.1, 0.15) is 4.48 Å². The van der Waals surface area contributed by atoms with Crippen LogP contribution in [0.3, 0.4) is 0 Å². The molecule has 0 amide bonds. The lowest BCUT2D eigenvalue weighted by molar-refractivity contribution is -0.178. The molecule has 0 aromatic heterocycles. The minimum Gasteiger partial charge on any atom is -0.428 e. The zero-order valence-electron chi connectivity index (χ0n) is 11.2. The standard InChI is InChI=1S/C14H21BrO3/c1-8(2)10-5-4-9(3)6-12(10)17-13-7-11(15)14(16)18-13/h7-10,12-13H,4-6H2,1-3H3/t9-,10+,12-,13?/m0/s1. The Balaban J connectivity index is 1.99. The van der Waals surface area contributed by atoms with E-state index in [1.54, 1.807) is 6.08 Å². The molecule has 1 saturated carbocycles. The third-order valence-corrected chi connectivity index (χ3v) is 4.56. The molecule has 0 N–H and O–H groups in total. The second-order valence-electron chi connectivity index (χ2n) is 5.79. The molecule has 3 nitrogen and oxygen atoms in total. The Morgan fingerprint density at radius 3 is 2.72 bits per heavy atom. The highest BCUT2D eigenvalue weighted by atomic mass is 79.9. The Hall–Kier alpha value is -0.350. The summed E-state index contributed by atoms with van der Waals surface area (Å²) < 4.78 is 11.6. The van der Waals surface area contributed by atoms with E-state index in [1.807, 2.05) is 0 Å². The zero-order chi connectivity index (χ0) is 13.3. The molecule has 1 fully saturated rings. The first-order valence-corrected chi connectivity index (χ1v) is 7.50. The van der Waals surface area contributed by atoms with Gasteiger partial charge in [-0.3, -0.25) is 0 Å². The van der Waals surface area contributed by atoms with Crippen molar-refractivity contribution in [3.05, 3.63) is 10.6 Å². The molecule has 0 spiro atoms. The second-order valence-corrected chi connectivity index (χ2v) is 6.64. The van der Waals surface area contributed by atoms with Gasteiger partial charge in [-0.1, -0.05) is 27.2 Å². The quantitative estimate of drug-likeness (QED) is 0.746. The van der Waals surface area contributed by atoms with Crippen molar-refractivity contribution in [2.24, 2.45) is 17.8 Å². The average Bonchev–Trinajstić information content (AvgIpc) is 2.57. The molecular formula is C14H21BrO3. The molecule has 0 saturated heterocycles. The predicted octanol–water partition coefficient (Wildman–Crippen LogP) is 3.63. The average molecular weight is 317 g/mol. The van der Waals surface area contributed by atoms with Crippen molar-refractivity contribution in [1.82, 2.24) is 0 Å². The van der Waals surface area contributed by atoms with E-state index in [2.05, 4.69) is 36.7 Å². The van der Waals surface area contributed by atoms with Crippen molar-refractivity contribution < 1.29 is 14.3 Å². The Kier molecular flexibility index (Phi) is 4.49. The zero-order valence-corrected chi connectivity index (χ0v) is 12.8. The highest BCUT2D eigenvalue weighted by Gasteiger charge is 2.35. The van der Waals surface area contributed by atoms with Crippen LogP contribution in [-0.4, -0.2) is 18.4 Å². The van der Waals surface area contributed by atoms with Crippen LogP contribution in [0.5, 0.6) is 0 Å². The molecule has 1 aliphatic carbocycles. The van der Waals surface area contributed by atoms with E-state index in [4.69, 9.17) is 9.47 Å². The monoisotopic (exact) mass is 316 g/mol. The van der Waals surface area contributed by atoms with Gasteiger partial charge in [-0.05, 0) is 46.5 Å². The maximum atomic E-state index is 11.3. The molecule has 0 radical (unpaired) electrons.